The number of carbonyl (C=O) groups is 1. The highest BCUT2D eigenvalue weighted by molar-refractivity contribution is 5.79. The highest BCUT2D eigenvalue weighted by atomic mass is 16.1. The van der Waals surface area contributed by atoms with Crippen molar-refractivity contribution in [3.63, 3.8) is 0 Å². The van der Waals surface area contributed by atoms with Crippen molar-refractivity contribution in [1.82, 2.24) is 5.32 Å². The minimum absolute atomic E-state index is 0.137. The van der Waals surface area contributed by atoms with Gasteiger partial charge in [-0.1, -0.05) is 20.3 Å². The summed E-state index contributed by atoms with van der Waals surface area (Å²) in [6, 6.07) is 0.506. The molecule has 1 aliphatic carbocycles. The fraction of sp³-hybridized carbons (Fsp3) is 0.923. The van der Waals surface area contributed by atoms with Crippen LogP contribution >= 0.6 is 0 Å². The summed E-state index contributed by atoms with van der Waals surface area (Å²) in [5.74, 6) is 0.932. The Labute approximate surface area is 99.2 Å². The first-order valence-electron chi connectivity index (χ1n) is 6.58. The van der Waals surface area contributed by atoms with Gasteiger partial charge in [0.1, 0.15) is 0 Å². The van der Waals surface area contributed by atoms with E-state index >= 15 is 0 Å². The molecule has 0 spiro atoms. The van der Waals surface area contributed by atoms with Crippen molar-refractivity contribution in [2.45, 2.75) is 65.0 Å². The van der Waals surface area contributed by atoms with Crippen LogP contribution in [-0.2, 0) is 4.79 Å². The summed E-state index contributed by atoms with van der Waals surface area (Å²) in [4.78, 5) is 12.0. The first-order valence-corrected chi connectivity index (χ1v) is 6.58. The van der Waals surface area contributed by atoms with E-state index in [0.29, 0.717) is 12.0 Å². The van der Waals surface area contributed by atoms with Gasteiger partial charge in [-0.15, -0.1) is 0 Å². The molecule has 0 bridgehead atoms. The van der Waals surface area contributed by atoms with Crippen molar-refractivity contribution in [3.05, 3.63) is 0 Å². The molecule has 0 saturated heterocycles. The van der Waals surface area contributed by atoms with Crippen molar-refractivity contribution in [1.29, 1.82) is 0 Å². The van der Waals surface area contributed by atoms with E-state index in [9.17, 15) is 4.79 Å². The average molecular weight is 226 g/mol. The van der Waals surface area contributed by atoms with E-state index in [0.717, 1.165) is 32.1 Å². The third-order valence-corrected chi connectivity index (χ3v) is 3.46. The lowest BCUT2D eigenvalue weighted by Crippen LogP contribution is -2.42. The van der Waals surface area contributed by atoms with Crippen LogP contribution in [0.15, 0.2) is 0 Å². The van der Waals surface area contributed by atoms with Gasteiger partial charge in [0.05, 0.1) is 0 Å². The van der Waals surface area contributed by atoms with Gasteiger partial charge in [0.2, 0.25) is 5.91 Å². The smallest absolute Gasteiger partial charge is 0.223 e. The standard InChI is InChI=1S/C13H26N2O/c1-4-5-10(3)15-13(16)11-6-9(2)7-12(14)8-11/h9-12H,4-8,14H2,1-3H3,(H,15,16). The Hall–Kier alpha value is -0.570. The van der Waals surface area contributed by atoms with Gasteiger partial charge in [0.25, 0.3) is 0 Å². The first-order chi connectivity index (χ1) is 7.52. The lowest BCUT2D eigenvalue weighted by atomic mass is 9.79. The van der Waals surface area contributed by atoms with Crippen LogP contribution in [0, 0.1) is 11.8 Å². The van der Waals surface area contributed by atoms with Gasteiger partial charge in [-0.2, -0.15) is 0 Å². The molecule has 0 aromatic carbocycles. The molecule has 4 atom stereocenters. The molecule has 0 heterocycles. The Balaban J connectivity index is 2.40. The summed E-state index contributed by atoms with van der Waals surface area (Å²) in [5, 5.41) is 3.10. The predicted octanol–water partition coefficient (Wildman–Crippen LogP) is 2.05. The first kappa shape index (κ1) is 13.5. The molecule has 1 rings (SSSR count). The minimum atomic E-state index is 0.137. The molecule has 1 fully saturated rings. The van der Waals surface area contributed by atoms with Gasteiger partial charge in [-0.05, 0) is 38.5 Å². The third kappa shape index (κ3) is 4.12. The summed E-state index contributed by atoms with van der Waals surface area (Å²) >= 11 is 0. The lowest BCUT2D eigenvalue weighted by Gasteiger charge is -2.31. The molecule has 1 saturated carbocycles. The topological polar surface area (TPSA) is 55.1 Å². The van der Waals surface area contributed by atoms with Crippen molar-refractivity contribution >= 4 is 5.91 Å². The molecule has 3 N–H and O–H groups in total. The maximum absolute atomic E-state index is 12.0. The summed E-state index contributed by atoms with van der Waals surface area (Å²) in [7, 11) is 0. The molecule has 3 nitrogen and oxygen atoms in total. The summed E-state index contributed by atoms with van der Waals surface area (Å²) in [6.45, 7) is 6.41. The van der Waals surface area contributed by atoms with E-state index in [1.165, 1.54) is 0 Å². The number of hydrogen-bond acceptors (Lipinski definition) is 2. The summed E-state index contributed by atoms with van der Waals surface area (Å²) in [6.07, 6.45) is 5.09. The Morgan fingerprint density at radius 2 is 2.12 bits per heavy atom. The number of amides is 1. The van der Waals surface area contributed by atoms with Crippen LogP contribution in [0.5, 0.6) is 0 Å². The Bertz CT molecular complexity index is 220. The van der Waals surface area contributed by atoms with E-state index < -0.39 is 0 Å². The van der Waals surface area contributed by atoms with Crippen LogP contribution in [0.2, 0.25) is 0 Å². The maximum atomic E-state index is 12.0. The van der Waals surface area contributed by atoms with E-state index in [1.54, 1.807) is 0 Å². The SMILES string of the molecule is CCCC(C)NC(=O)C1CC(C)CC(N)C1. The largest absolute Gasteiger partial charge is 0.353 e. The van der Waals surface area contributed by atoms with Gasteiger partial charge >= 0.3 is 0 Å². The highest BCUT2D eigenvalue weighted by Gasteiger charge is 2.29. The molecule has 1 aliphatic rings. The predicted molar refractivity (Wildman–Crippen MR) is 67.0 cm³/mol. The second-order valence-electron chi connectivity index (χ2n) is 5.47. The van der Waals surface area contributed by atoms with Gasteiger partial charge in [0, 0.05) is 18.0 Å². The van der Waals surface area contributed by atoms with Crippen molar-refractivity contribution in [2.24, 2.45) is 17.6 Å². The van der Waals surface area contributed by atoms with E-state index in [1.807, 2.05) is 0 Å². The lowest BCUT2D eigenvalue weighted by molar-refractivity contribution is -0.127. The summed E-state index contributed by atoms with van der Waals surface area (Å²) < 4.78 is 0. The average Bonchev–Trinajstić information content (AvgIpc) is 2.16. The zero-order valence-electron chi connectivity index (χ0n) is 10.8. The molecule has 16 heavy (non-hydrogen) atoms. The Morgan fingerprint density at radius 1 is 1.44 bits per heavy atom. The minimum Gasteiger partial charge on any atom is -0.353 e. The Kier molecular flexibility index (Phi) is 5.26. The molecule has 4 unspecified atom stereocenters. The van der Waals surface area contributed by atoms with Crippen LogP contribution in [0.1, 0.15) is 52.9 Å². The summed E-state index contributed by atoms with van der Waals surface area (Å²) in [5.41, 5.74) is 5.96. The zero-order chi connectivity index (χ0) is 12.1. The normalized spacial score (nSPS) is 32.1. The van der Waals surface area contributed by atoms with Crippen LogP contribution in [0.3, 0.4) is 0 Å². The molecule has 3 heteroatoms. The van der Waals surface area contributed by atoms with E-state index in [4.69, 9.17) is 5.73 Å². The maximum Gasteiger partial charge on any atom is 0.223 e. The van der Waals surface area contributed by atoms with Crippen LogP contribution < -0.4 is 11.1 Å². The molecule has 0 aromatic rings. The molecule has 1 amide bonds. The monoisotopic (exact) mass is 226 g/mol. The van der Waals surface area contributed by atoms with Gasteiger partial charge in [-0.25, -0.2) is 0 Å². The second kappa shape index (κ2) is 6.24. The number of nitrogens with two attached hydrogens (primary N) is 1. The molecule has 0 aliphatic heterocycles. The van der Waals surface area contributed by atoms with Crippen LogP contribution in [0.25, 0.3) is 0 Å². The number of hydrogen-bond donors (Lipinski definition) is 2. The zero-order valence-corrected chi connectivity index (χ0v) is 10.8. The van der Waals surface area contributed by atoms with Gasteiger partial charge in [-0.3, -0.25) is 4.79 Å². The highest BCUT2D eigenvalue weighted by Crippen LogP contribution is 2.28. The molecule has 0 radical (unpaired) electrons. The molecular weight excluding hydrogens is 200 g/mol. The van der Waals surface area contributed by atoms with Gasteiger partial charge < -0.3 is 11.1 Å². The molecule has 94 valence electrons. The van der Waals surface area contributed by atoms with Crippen molar-refractivity contribution in [3.8, 4) is 0 Å². The second-order valence-corrected chi connectivity index (χ2v) is 5.47. The van der Waals surface area contributed by atoms with Crippen LogP contribution in [-0.4, -0.2) is 18.0 Å². The van der Waals surface area contributed by atoms with E-state index in [2.05, 4.69) is 26.1 Å². The van der Waals surface area contributed by atoms with Crippen molar-refractivity contribution < 1.29 is 4.79 Å². The van der Waals surface area contributed by atoms with E-state index in [-0.39, 0.29) is 17.9 Å². The fourth-order valence-electron chi connectivity index (χ4n) is 2.74. The van der Waals surface area contributed by atoms with Crippen molar-refractivity contribution in [2.75, 3.05) is 0 Å². The Morgan fingerprint density at radius 3 is 2.69 bits per heavy atom. The molecule has 0 aromatic heterocycles. The number of rotatable bonds is 4. The fourth-order valence-corrected chi connectivity index (χ4v) is 2.74. The third-order valence-electron chi connectivity index (χ3n) is 3.46. The number of nitrogens with one attached hydrogen (secondary N) is 1. The quantitative estimate of drug-likeness (QED) is 0.771. The number of carbonyl (C=O) groups excluding carboxylic acids is 1. The molecular formula is C13H26N2O. The van der Waals surface area contributed by atoms with Crippen LogP contribution in [0.4, 0.5) is 0 Å². The van der Waals surface area contributed by atoms with Gasteiger partial charge in [0.15, 0.2) is 0 Å².